The summed E-state index contributed by atoms with van der Waals surface area (Å²) >= 11 is 0. The van der Waals surface area contributed by atoms with Gasteiger partial charge in [0.05, 0.1) is 32.0 Å². The molecule has 0 radical (unpaired) electrons. The maximum atomic E-state index is 5.61. The molecule has 1 unspecified atom stereocenters. The van der Waals surface area contributed by atoms with E-state index in [4.69, 9.17) is 19.9 Å². The molecule has 1 aromatic heterocycles. The molecule has 1 aliphatic heterocycles. The number of hydrogen-bond donors (Lipinski definition) is 2. The van der Waals surface area contributed by atoms with E-state index in [0.717, 1.165) is 0 Å². The summed E-state index contributed by atoms with van der Waals surface area (Å²) in [4.78, 5) is 12.0. The number of hydrogen-bond acceptors (Lipinski definition) is 8. The lowest BCUT2D eigenvalue weighted by atomic mass is 10.3. The third-order valence-corrected chi connectivity index (χ3v) is 2.35. The van der Waals surface area contributed by atoms with Crippen LogP contribution >= 0.6 is 0 Å². The minimum Gasteiger partial charge on any atom is -0.461 e. The van der Waals surface area contributed by atoms with Crippen molar-refractivity contribution in [3.63, 3.8) is 0 Å². The predicted molar refractivity (Wildman–Crippen MR) is 69.1 cm³/mol. The van der Waals surface area contributed by atoms with Gasteiger partial charge in [0.25, 0.3) is 0 Å². The van der Waals surface area contributed by atoms with Crippen molar-refractivity contribution in [1.82, 2.24) is 15.0 Å². The number of rotatable bonds is 5. The van der Waals surface area contributed by atoms with Gasteiger partial charge in [-0.1, -0.05) is 0 Å². The van der Waals surface area contributed by atoms with Gasteiger partial charge in [-0.3, -0.25) is 0 Å². The van der Waals surface area contributed by atoms with Crippen molar-refractivity contribution >= 4 is 11.9 Å². The topological polar surface area (TPSA) is 104 Å². The molecule has 0 aliphatic carbocycles. The number of nitrogens with two attached hydrogens (primary N) is 1. The lowest BCUT2D eigenvalue weighted by Crippen LogP contribution is -2.34. The zero-order chi connectivity index (χ0) is 13.7. The average Bonchev–Trinajstić information content (AvgIpc) is 2.36. The van der Waals surface area contributed by atoms with Crippen molar-refractivity contribution in [3.05, 3.63) is 0 Å². The lowest BCUT2D eigenvalue weighted by molar-refractivity contribution is -0.0819. The van der Waals surface area contributed by atoms with Crippen molar-refractivity contribution in [1.29, 1.82) is 0 Å². The van der Waals surface area contributed by atoms with Crippen LogP contribution in [0.1, 0.15) is 13.8 Å². The van der Waals surface area contributed by atoms with Crippen LogP contribution in [-0.2, 0) is 9.47 Å². The van der Waals surface area contributed by atoms with Crippen LogP contribution in [0.2, 0.25) is 0 Å². The minimum absolute atomic E-state index is 0.0128. The van der Waals surface area contributed by atoms with Gasteiger partial charge in [0.15, 0.2) is 0 Å². The molecule has 8 heteroatoms. The number of aromatic nitrogens is 3. The van der Waals surface area contributed by atoms with Crippen LogP contribution in [-0.4, -0.2) is 53.5 Å². The Morgan fingerprint density at radius 1 is 1.37 bits per heavy atom. The predicted octanol–water partition coefficient (Wildman–Crippen LogP) is 0.0683. The summed E-state index contributed by atoms with van der Waals surface area (Å²) in [6.45, 7) is 6.13. The highest BCUT2D eigenvalue weighted by Crippen LogP contribution is 2.11. The van der Waals surface area contributed by atoms with Gasteiger partial charge >= 0.3 is 6.01 Å². The molecule has 0 bridgehead atoms. The Hall–Kier alpha value is -1.67. The number of nitrogen functional groups attached to an aromatic ring is 1. The average molecular weight is 269 g/mol. The molecular formula is C11H19N5O3. The third kappa shape index (κ3) is 4.49. The van der Waals surface area contributed by atoms with E-state index in [-0.39, 0.29) is 24.2 Å². The molecule has 3 N–H and O–H groups in total. The van der Waals surface area contributed by atoms with Crippen LogP contribution in [0.25, 0.3) is 0 Å². The van der Waals surface area contributed by atoms with E-state index >= 15 is 0 Å². The molecule has 19 heavy (non-hydrogen) atoms. The van der Waals surface area contributed by atoms with Gasteiger partial charge in [-0.05, 0) is 13.8 Å². The fraction of sp³-hybridized carbons (Fsp3) is 0.727. The fourth-order valence-electron chi connectivity index (χ4n) is 1.57. The third-order valence-electron chi connectivity index (χ3n) is 2.35. The fourth-order valence-corrected chi connectivity index (χ4v) is 1.57. The zero-order valence-electron chi connectivity index (χ0n) is 11.1. The summed E-state index contributed by atoms with van der Waals surface area (Å²) in [5, 5.41) is 3.04. The molecule has 1 fully saturated rings. The van der Waals surface area contributed by atoms with Crippen LogP contribution in [0.3, 0.4) is 0 Å². The Balaban J connectivity index is 1.93. The molecule has 0 saturated carbocycles. The van der Waals surface area contributed by atoms with Crippen LogP contribution in [0.15, 0.2) is 0 Å². The first-order valence-electron chi connectivity index (χ1n) is 6.25. The standard InChI is InChI=1S/C11H19N5O3/c1-7(2)19-11-15-9(12)14-10(16-11)13-5-8-6-17-3-4-18-8/h7-8H,3-6H2,1-2H3,(H3,12,13,14,15,16). The quantitative estimate of drug-likeness (QED) is 0.773. The van der Waals surface area contributed by atoms with E-state index < -0.39 is 0 Å². The molecule has 1 aliphatic rings. The van der Waals surface area contributed by atoms with Crippen LogP contribution in [0.4, 0.5) is 11.9 Å². The Bertz CT molecular complexity index is 409. The molecule has 2 heterocycles. The maximum absolute atomic E-state index is 5.61. The maximum Gasteiger partial charge on any atom is 0.323 e. The van der Waals surface area contributed by atoms with Gasteiger partial charge in [0.2, 0.25) is 11.9 Å². The molecule has 8 nitrogen and oxygen atoms in total. The Morgan fingerprint density at radius 3 is 2.89 bits per heavy atom. The number of nitrogens with one attached hydrogen (secondary N) is 1. The van der Waals surface area contributed by atoms with Crippen molar-refractivity contribution in [2.45, 2.75) is 26.1 Å². The summed E-state index contributed by atoms with van der Waals surface area (Å²) in [6, 6.07) is 0.214. The summed E-state index contributed by atoms with van der Waals surface area (Å²) in [5.41, 5.74) is 5.61. The Kier molecular flexibility index (Phi) is 4.69. The van der Waals surface area contributed by atoms with Gasteiger partial charge in [-0.15, -0.1) is 0 Å². The zero-order valence-corrected chi connectivity index (χ0v) is 11.1. The van der Waals surface area contributed by atoms with Crippen molar-refractivity contribution in [2.24, 2.45) is 0 Å². The molecule has 1 atom stereocenters. The Morgan fingerprint density at radius 2 is 2.21 bits per heavy atom. The number of ether oxygens (including phenoxy) is 3. The van der Waals surface area contributed by atoms with Crippen molar-refractivity contribution in [2.75, 3.05) is 37.4 Å². The number of nitrogens with zero attached hydrogens (tertiary/aromatic N) is 3. The second kappa shape index (κ2) is 6.48. The summed E-state index contributed by atoms with van der Waals surface area (Å²) in [5.74, 6) is 0.492. The summed E-state index contributed by atoms with van der Waals surface area (Å²) in [6.07, 6.45) is -0.0362. The molecule has 0 amide bonds. The molecule has 106 valence electrons. The second-order valence-electron chi connectivity index (χ2n) is 4.42. The molecular weight excluding hydrogens is 250 g/mol. The normalized spacial score (nSPS) is 19.4. The molecule has 1 saturated heterocycles. The van der Waals surface area contributed by atoms with Crippen molar-refractivity contribution in [3.8, 4) is 6.01 Å². The first-order chi connectivity index (χ1) is 9.13. The Labute approximate surface area is 111 Å². The van der Waals surface area contributed by atoms with E-state index in [1.54, 1.807) is 0 Å². The second-order valence-corrected chi connectivity index (χ2v) is 4.42. The first-order valence-corrected chi connectivity index (χ1v) is 6.25. The molecule has 1 aromatic rings. The smallest absolute Gasteiger partial charge is 0.323 e. The number of anilines is 2. The summed E-state index contributed by atoms with van der Waals surface area (Å²) in [7, 11) is 0. The summed E-state index contributed by atoms with van der Waals surface area (Å²) < 4.78 is 16.2. The first kappa shape index (κ1) is 13.8. The highest BCUT2D eigenvalue weighted by Gasteiger charge is 2.15. The highest BCUT2D eigenvalue weighted by atomic mass is 16.6. The minimum atomic E-state index is -0.0234. The van der Waals surface area contributed by atoms with Gasteiger partial charge in [-0.25, -0.2) is 0 Å². The van der Waals surface area contributed by atoms with E-state index in [9.17, 15) is 0 Å². The SMILES string of the molecule is CC(C)Oc1nc(N)nc(NCC2COCCO2)n1. The van der Waals surface area contributed by atoms with E-state index in [1.807, 2.05) is 13.8 Å². The largest absolute Gasteiger partial charge is 0.461 e. The molecule has 0 spiro atoms. The molecule has 2 rings (SSSR count). The van der Waals surface area contributed by atoms with E-state index in [1.165, 1.54) is 0 Å². The van der Waals surface area contributed by atoms with Gasteiger partial charge < -0.3 is 25.3 Å². The monoisotopic (exact) mass is 269 g/mol. The van der Waals surface area contributed by atoms with Gasteiger partial charge in [0, 0.05) is 6.54 Å². The van der Waals surface area contributed by atoms with Crippen LogP contribution in [0, 0.1) is 0 Å². The highest BCUT2D eigenvalue weighted by molar-refractivity contribution is 5.32. The van der Waals surface area contributed by atoms with Gasteiger partial charge in [0.1, 0.15) is 0 Å². The van der Waals surface area contributed by atoms with Gasteiger partial charge in [-0.2, -0.15) is 15.0 Å². The lowest BCUT2D eigenvalue weighted by Gasteiger charge is -2.23. The van der Waals surface area contributed by atoms with E-state index in [0.29, 0.717) is 32.3 Å². The van der Waals surface area contributed by atoms with E-state index in [2.05, 4.69) is 20.3 Å². The van der Waals surface area contributed by atoms with Crippen LogP contribution < -0.4 is 15.8 Å². The van der Waals surface area contributed by atoms with Crippen LogP contribution in [0.5, 0.6) is 6.01 Å². The van der Waals surface area contributed by atoms with Crippen molar-refractivity contribution < 1.29 is 14.2 Å². The molecule has 0 aromatic carbocycles.